The Balaban J connectivity index is 2.36. The minimum atomic E-state index is -1.16. The number of hydrogen-bond acceptors (Lipinski definition) is 8. The van der Waals surface area contributed by atoms with Crippen molar-refractivity contribution >= 4 is 29.2 Å². The zero-order valence-electron chi connectivity index (χ0n) is 11.6. The van der Waals surface area contributed by atoms with Crippen molar-refractivity contribution in [3.05, 3.63) is 22.6 Å². The largest absolute Gasteiger partial charge is 0.367 e. The summed E-state index contributed by atoms with van der Waals surface area (Å²) in [5.41, 5.74) is 4.08. The average Bonchev–Trinajstić information content (AvgIpc) is 2.43. The van der Waals surface area contributed by atoms with Gasteiger partial charge >= 0.3 is 5.69 Å². The van der Waals surface area contributed by atoms with Gasteiger partial charge in [0.1, 0.15) is 17.9 Å². The lowest BCUT2D eigenvalue weighted by atomic mass is 9.92. The molecule has 2 heterocycles. The molecule has 1 aliphatic heterocycles. The van der Waals surface area contributed by atoms with E-state index in [-0.39, 0.29) is 18.1 Å². The van der Waals surface area contributed by atoms with Crippen LogP contribution in [0.2, 0.25) is 0 Å². The highest BCUT2D eigenvalue weighted by Gasteiger charge is 2.59. The van der Waals surface area contributed by atoms with Gasteiger partial charge in [-0.1, -0.05) is 0 Å². The van der Waals surface area contributed by atoms with Gasteiger partial charge in [0, 0.05) is 6.61 Å². The highest BCUT2D eigenvalue weighted by atomic mass is 32.2. The number of carbonyl (C=O) groups is 1. The minimum absolute atomic E-state index is 0.125. The molecule has 2 atom stereocenters. The molecule has 2 unspecified atom stereocenters. The number of aromatic nitrogens is 2. The molecule has 1 aromatic rings. The summed E-state index contributed by atoms with van der Waals surface area (Å²) in [5, 5.41) is 10.6. The first kappa shape index (κ1) is 15.4. The molecule has 1 aliphatic rings. The van der Waals surface area contributed by atoms with E-state index in [2.05, 4.69) is 9.97 Å². The van der Waals surface area contributed by atoms with Gasteiger partial charge in [-0.3, -0.25) is 14.9 Å². The molecule has 0 spiro atoms. The van der Waals surface area contributed by atoms with Crippen LogP contribution in [0, 0.1) is 10.1 Å². The molecule has 9 nitrogen and oxygen atoms in total. The molecule has 1 saturated heterocycles. The Labute approximate surface area is 125 Å². The van der Waals surface area contributed by atoms with Crippen LogP contribution >= 0.6 is 11.8 Å². The Kier molecular flexibility index (Phi) is 4.28. The van der Waals surface area contributed by atoms with Crippen molar-refractivity contribution in [2.24, 2.45) is 5.73 Å². The fourth-order valence-corrected chi connectivity index (χ4v) is 3.44. The molecular formula is C11H15N5O4S. The second kappa shape index (κ2) is 5.82. The number of nitro groups is 1. The quantitative estimate of drug-likeness (QED) is 0.581. The van der Waals surface area contributed by atoms with Gasteiger partial charge in [0.25, 0.3) is 5.91 Å². The van der Waals surface area contributed by atoms with Gasteiger partial charge < -0.3 is 15.4 Å². The van der Waals surface area contributed by atoms with Gasteiger partial charge in [-0.25, -0.2) is 9.97 Å². The van der Waals surface area contributed by atoms with E-state index in [4.69, 9.17) is 10.5 Å². The monoisotopic (exact) mass is 313 g/mol. The number of rotatable bonds is 6. The number of carbonyl (C=O) groups excluding carboxylic acids is 1. The van der Waals surface area contributed by atoms with E-state index in [0.717, 1.165) is 6.20 Å². The average molecular weight is 313 g/mol. The molecule has 1 fully saturated rings. The van der Waals surface area contributed by atoms with Crippen LogP contribution in [-0.2, 0) is 9.53 Å². The number of nitrogens with two attached hydrogens (primary N) is 1. The van der Waals surface area contributed by atoms with Gasteiger partial charge in [0.2, 0.25) is 5.82 Å². The Morgan fingerprint density at radius 1 is 1.76 bits per heavy atom. The predicted octanol–water partition coefficient (Wildman–Crippen LogP) is 0.155. The first-order chi connectivity index (χ1) is 9.97. The molecule has 0 aromatic carbocycles. The highest BCUT2D eigenvalue weighted by molar-refractivity contribution is 7.99. The predicted molar refractivity (Wildman–Crippen MR) is 76.9 cm³/mol. The summed E-state index contributed by atoms with van der Waals surface area (Å²) < 4.78 is 5.53. The van der Waals surface area contributed by atoms with Gasteiger partial charge in [0.05, 0.1) is 11.5 Å². The molecule has 10 heteroatoms. The lowest BCUT2D eigenvalue weighted by Gasteiger charge is -2.53. The molecule has 114 valence electrons. The topological polar surface area (TPSA) is 124 Å². The Morgan fingerprint density at radius 2 is 2.48 bits per heavy atom. The molecule has 0 aliphatic carbocycles. The number of nitrogens with zero attached hydrogens (tertiary/aromatic N) is 4. The summed E-state index contributed by atoms with van der Waals surface area (Å²) in [7, 11) is 0. The second-order valence-electron chi connectivity index (χ2n) is 4.39. The standard InChI is InChI=1S/C11H15N5O4S/c1-3-20-11(9(12)17)5-15(10(11)21-2)8-7(16(18)19)4-13-6-14-8/h4,6,10H,3,5H2,1-2H3,(H2,12,17). The van der Waals surface area contributed by atoms with Gasteiger partial charge in [-0.2, -0.15) is 0 Å². The normalized spacial score (nSPS) is 24.5. The van der Waals surface area contributed by atoms with Crippen LogP contribution in [-0.4, -0.2) is 51.2 Å². The Bertz CT molecular complexity index is 571. The zero-order valence-corrected chi connectivity index (χ0v) is 12.4. The van der Waals surface area contributed by atoms with Crippen LogP contribution in [0.4, 0.5) is 11.5 Å². The maximum absolute atomic E-state index is 11.7. The molecule has 0 radical (unpaired) electrons. The van der Waals surface area contributed by atoms with Gasteiger partial charge in [-0.15, -0.1) is 11.8 Å². The summed E-state index contributed by atoms with van der Waals surface area (Å²) in [6.07, 6.45) is 4.13. The van der Waals surface area contributed by atoms with Crippen LogP contribution in [0.5, 0.6) is 0 Å². The summed E-state index contributed by atoms with van der Waals surface area (Å²) in [5.74, 6) is -0.428. The maximum Gasteiger partial charge on any atom is 0.329 e. The third-order valence-corrected chi connectivity index (χ3v) is 4.35. The first-order valence-corrected chi connectivity index (χ1v) is 7.44. The third kappa shape index (κ3) is 2.40. The second-order valence-corrected chi connectivity index (χ2v) is 5.31. The number of anilines is 1. The van der Waals surface area contributed by atoms with E-state index in [9.17, 15) is 14.9 Å². The van der Waals surface area contributed by atoms with Crippen LogP contribution in [0.15, 0.2) is 12.5 Å². The SMILES string of the molecule is CCOC1(C(N)=O)CN(c2ncncc2[N+](=O)[O-])C1SC. The van der Waals surface area contributed by atoms with Crippen LogP contribution in [0.3, 0.4) is 0 Å². The van der Waals surface area contributed by atoms with E-state index in [0.29, 0.717) is 6.61 Å². The van der Waals surface area contributed by atoms with Gasteiger partial charge in [-0.05, 0) is 13.2 Å². The number of ether oxygens (including phenoxy) is 1. The molecule has 1 aromatic heterocycles. The van der Waals surface area contributed by atoms with E-state index < -0.39 is 21.8 Å². The summed E-state index contributed by atoms with van der Waals surface area (Å²) >= 11 is 1.33. The molecule has 1 amide bonds. The van der Waals surface area contributed by atoms with E-state index >= 15 is 0 Å². The van der Waals surface area contributed by atoms with Crippen molar-refractivity contribution in [3.63, 3.8) is 0 Å². The van der Waals surface area contributed by atoms with Crippen molar-refractivity contribution in [3.8, 4) is 0 Å². The lowest BCUT2D eigenvalue weighted by Crippen LogP contribution is -2.75. The van der Waals surface area contributed by atoms with Crippen molar-refractivity contribution in [1.29, 1.82) is 0 Å². The smallest absolute Gasteiger partial charge is 0.329 e. The van der Waals surface area contributed by atoms with Gasteiger partial charge in [0.15, 0.2) is 5.60 Å². The Hall–Kier alpha value is -1.94. The Morgan fingerprint density at radius 3 is 3.00 bits per heavy atom. The maximum atomic E-state index is 11.7. The van der Waals surface area contributed by atoms with Crippen LogP contribution < -0.4 is 10.6 Å². The fourth-order valence-electron chi connectivity index (χ4n) is 2.37. The number of amides is 1. The van der Waals surface area contributed by atoms with Crippen molar-refractivity contribution in [1.82, 2.24) is 9.97 Å². The van der Waals surface area contributed by atoms with E-state index in [1.807, 2.05) is 0 Å². The minimum Gasteiger partial charge on any atom is -0.367 e. The molecular weight excluding hydrogens is 298 g/mol. The number of primary amides is 1. The lowest BCUT2D eigenvalue weighted by molar-refractivity contribution is -0.384. The van der Waals surface area contributed by atoms with Crippen molar-refractivity contribution in [2.45, 2.75) is 17.9 Å². The molecule has 0 saturated carbocycles. The summed E-state index contributed by atoms with van der Waals surface area (Å²) in [6, 6.07) is 0. The fraction of sp³-hybridized carbons (Fsp3) is 0.545. The highest BCUT2D eigenvalue weighted by Crippen LogP contribution is 2.43. The molecule has 2 rings (SSSR count). The first-order valence-electron chi connectivity index (χ1n) is 6.15. The van der Waals surface area contributed by atoms with Crippen molar-refractivity contribution < 1.29 is 14.5 Å². The molecule has 21 heavy (non-hydrogen) atoms. The van der Waals surface area contributed by atoms with Crippen LogP contribution in [0.25, 0.3) is 0 Å². The van der Waals surface area contributed by atoms with Crippen molar-refractivity contribution in [2.75, 3.05) is 24.3 Å². The number of thioether (sulfide) groups is 1. The third-order valence-electron chi connectivity index (χ3n) is 3.27. The number of hydrogen-bond donors (Lipinski definition) is 1. The molecule has 0 bridgehead atoms. The van der Waals surface area contributed by atoms with E-state index in [1.54, 1.807) is 18.1 Å². The molecule has 2 N–H and O–H groups in total. The van der Waals surface area contributed by atoms with E-state index in [1.165, 1.54) is 18.1 Å². The summed E-state index contributed by atoms with van der Waals surface area (Å²) in [4.78, 5) is 31.5. The summed E-state index contributed by atoms with van der Waals surface area (Å²) in [6.45, 7) is 2.21. The zero-order chi connectivity index (χ0) is 15.6. The van der Waals surface area contributed by atoms with Crippen LogP contribution in [0.1, 0.15) is 6.92 Å².